The number of ether oxygens (including phenoxy) is 2. The summed E-state index contributed by atoms with van der Waals surface area (Å²) in [4.78, 5) is 4.27. The van der Waals surface area contributed by atoms with Gasteiger partial charge in [0, 0.05) is 32.1 Å². The molecule has 0 amide bonds. The Morgan fingerprint density at radius 3 is 2.75 bits per heavy atom. The van der Waals surface area contributed by atoms with Gasteiger partial charge < -0.3 is 20.1 Å². The van der Waals surface area contributed by atoms with E-state index in [9.17, 15) is 4.39 Å². The smallest absolute Gasteiger partial charge is 0.191 e. The monoisotopic (exact) mass is 385 g/mol. The Balaban J connectivity index is 1.52. The van der Waals surface area contributed by atoms with Crippen molar-refractivity contribution in [3.63, 3.8) is 0 Å². The van der Waals surface area contributed by atoms with Gasteiger partial charge in [0.15, 0.2) is 5.96 Å². The van der Waals surface area contributed by atoms with Gasteiger partial charge >= 0.3 is 0 Å². The number of rotatable bonds is 7. The lowest BCUT2D eigenvalue weighted by atomic mass is 10.1. The molecule has 6 heteroatoms. The highest BCUT2D eigenvalue weighted by molar-refractivity contribution is 5.79. The topological polar surface area (TPSA) is 54.9 Å². The highest BCUT2D eigenvalue weighted by Gasteiger charge is 2.18. The van der Waals surface area contributed by atoms with Crippen molar-refractivity contribution in [3.8, 4) is 5.75 Å². The lowest BCUT2D eigenvalue weighted by Gasteiger charge is -2.18. The molecule has 0 aromatic heterocycles. The Hall–Kier alpha value is -2.60. The zero-order valence-corrected chi connectivity index (χ0v) is 16.5. The van der Waals surface area contributed by atoms with Gasteiger partial charge in [-0.1, -0.05) is 24.3 Å². The lowest BCUT2D eigenvalue weighted by Crippen LogP contribution is -2.38. The van der Waals surface area contributed by atoms with Crippen LogP contribution in [0.15, 0.2) is 47.5 Å². The fourth-order valence-corrected chi connectivity index (χ4v) is 3.08. The molecule has 150 valence electrons. The molecule has 1 unspecified atom stereocenters. The predicted molar refractivity (Wildman–Crippen MR) is 109 cm³/mol. The maximum Gasteiger partial charge on any atom is 0.191 e. The number of aryl methyl sites for hydroxylation is 1. The molecule has 3 rings (SSSR count). The Bertz CT molecular complexity index is 787. The molecule has 2 N–H and O–H groups in total. The minimum Gasteiger partial charge on any atom is -0.488 e. The fraction of sp³-hybridized carbons (Fsp3) is 0.409. The van der Waals surface area contributed by atoms with Gasteiger partial charge in [0.2, 0.25) is 0 Å². The van der Waals surface area contributed by atoms with E-state index in [-0.39, 0.29) is 11.9 Å². The van der Waals surface area contributed by atoms with Crippen molar-refractivity contribution in [3.05, 3.63) is 65.0 Å². The molecule has 28 heavy (non-hydrogen) atoms. The number of guanidine groups is 1. The molecule has 1 heterocycles. The van der Waals surface area contributed by atoms with E-state index in [0.717, 1.165) is 42.3 Å². The summed E-state index contributed by atoms with van der Waals surface area (Å²) in [5.74, 6) is 1.40. The molecular formula is C22H28FN3O2. The Morgan fingerprint density at radius 2 is 2.04 bits per heavy atom. The van der Waals surface area contributed by atoms with Gasteiger partial charge in [-0.05, 0) is 42.7 Å². The predicted octanol–water partition coefficient (Wildman–Crippen LogP) is 3.21. The van der Waals surface area contributed by atoms with Crippen LogP contribution >= 0.6 is 0 Å². The summed E-state index contributed by atoms with van der Waals surface area (Å²) in [6.45, 7) is 4.79. The SMILES string of the molecule is CN=C(NCCc1ccc(F)cc1)NCc1ccc(C)cc1OC1CCOC1. The molecule has 1 aliphatic heterocycles. The fourth-order valence-electron chi connectivity index (χ4n) is 3.08. The Labute approximate surface area is 166 Å². The molecule has 0 spiro atoms. The van der Waals surface area contributed by atoms with Gasteiger partial charge in [-0.25, -0.2) is 4.39 Å². The van der Waals surface area contributed by atoms with Crippen molar-refractivity contribution < 1.29 is 13.9 Å². The van der Waals surface area contributed by atoms with Crippen LogP contribution in [0, 0.1) is 12.7 Å². The minimum atomic E-state index is -0.213. The van der Waals surface area contributed by atoms with Crippen LogP contribution in [0.4, 0.5) is 4.39 Å². The molecular weight excluding hydrogens is 357 g/mol. The number of halogens is 1. The van der Waals surface area contributed by atoms with E-state index in [0.29, 0.717) is 19.7 Å². The maximum atomic E-state index is 13.0. The second-order valence-corrected chi connectivity index (χ2v) is 6.94. The number of hydrogen-bond acceptors (Lipinski definition) is 3. The molecule has 2 aromatic carbocycles. The number of benzene rings is 2. The summed E-state index contributed by atoms with van der Waals surface area (Å²) in [6.07, 6.45) is 1.84. The Morgan fingerprint density at radius 1 is 1.21 bits per heavy atom. The van der Waals surface area contributed by atoms with Crippen LogP contribution in [-0.2, 0) is 17.7 Å². The average Bonchev–Trinajstić information content (AvgIpc) is 3.20. The van der Waals surface area contributed by atoms with Gasteiger partial charge in [0.25, 0.3) is 0 Å². The second-order valence-electron chi connectivity index (χ2n) is 6.94. The van der Waals surface area contributed by atoms with Gasteiger partial charge in [-0.15, -0.1) is 0 Å². The lowest BCUT2D eigenvalue weighted by molar-refractivity contribution is 0.140. The van der Waals surface area contributed by atoms with Crippen LogP contribution in [-0.4, -0.2) is 38.9 Å². The molecule has 1 aliphatic rings. The summed E-state index contributed by atoms with van der Waals surface area (Å²) in [5, 5.41) is 6.62. The zero-order chi connectivity index (χ0) is 19.8. The van der Waals surface area contributed by atoms with Crippen molar-refractivity contribution in [1.29, 1.82) is 0 Å². The first-order valence-electron chi connectivity index (χ1n) is 9.67. The van der Waals surface area contributed by atoms with Gasteiger partial charge in [-0.3, -0.25) is 4.99 Å². The maximum absolute atomic E-state index is 13.0. The normalized spacial score (nSPS) is 16.8. The third-order valence-corrected chi connectivity index (χ3v) is 4.69. The number of nitrogens with zero attached hydrogens (tertiary/aromatic N) is 1. The molecule has 0 radical (unpaired) electrons. The summed E-state index contributed by atoms with van der Waals surface area (Å²) < 4.78 is 24.5. The van der Waals surface area contributed by atoms with Crippen LogP contribution in [0.25, 0.3) is 0 Å². The van der Waals surface area contributed by atoms with Crippen molar-refractivity contribution in [2.24, 2.45) is 4.99 Å². The highest BCUT2D eigenvalue weighted by atomic mass is 19.1. The Kier molecular flexibility index (Phi) is 7.25. The average molecular weight is 385 g/mol. The number of hydrogen-bond donors (Lipinski definition) is 2. The van der Waals surface area contributed by atoms with E-state index in [4.69, 9.17) is 9.47 Å². The molecule has 2 aromatic rings. The van der Waals surface area contributed by atoms with Gasteiger partial charge in [0.1, 0.15) is 17.7 Å². The standard InChI is InChI=1S/C22H28FN3O2/c1-16-3-6-18(21(13-16)28-20-10-12-27-15-20)14-26-22(24-2)25-11-9-17-4-7-19(23)8-5-17/h3-8,13,20H,9-12,14-15H2,1-2H3,(H2,24,25,26). The molecule has 0 bridgehead atoms. The van der Waals surface area contributed by atoms with E-state index in [1.54, 1.807) is 19.2 Å². The molecule has 1 saturated heterocycles. The first-order chi connectivity index (χ1) is 13.6. The van der Waals surface area contributed by atoms with Crippen LogP contribution in [0.5, 0.6) is 5.75 Å². The van der Waals surface area contributed by atoms with Gasteiger partial charge in [0.05, 0.1) is 13.2 Å². The summed E-state index contributed by atoms with van der Waals surface area (Å²) in [7, 11) is 1.75. The number of nitrogens with one attached hydrogen (secondary N) is 2. The third kappa shape index (κ3) is 5.96. The van der Waals surface area contributed by atoms with E-state index in [1.165, 1.54) is 17.7 Å². The van der Waals surface area contributed by atoms with Crippen LogP contribution in [0.2, 0.25) is 0 Å². The first kappa shape index (κ1) is 20.1. The quantitative estimate of drug-likeness (QED) is 0.568. The first-order valence-corrected chi connectivity index (χ1v) is 9.67. The second kappa shape index (κ2) is 10.1. The highest BCUT2D eigenvalue weighted by Crippen LogP contribution is 2.23. The van der Waals surface area contributed by atoms with Crippen LogP contribution < -0.4 is 15.4 Å². The summed E-state index contributed by atoms with van der Waals surface area (Å²) in [6, 6.07) is 12.8. The molecule has 0 saturated carbocycles. The third-order valence-electron chi connectivity index (χ3n) is 4.69. The van der Waals surface area contributed by atoms with Crippen LogP contribution in [0.3, 0.4) is 0 Å². The van der Waals surface area contributed by atoms with Crippen LogP contribution in [0.1, 0.15) is 23.1 Å². The van der Waals surface area contributed by atoms with E-state index in [1.807, 2.05) is 0 Å². The number of aliphatic imine (C=N–C) groups is 1. The summed E-state index contributed by atoms with van der Waals surface area (Å²) >= 11 is 0. The minimum absolute atomic E-state index is 0.119. The largest absolute Gasteiger partial charge is 0.488 e. The van der Waals surface area contributed by atoms with E-state index >= 15 is 0 Å². The van der Waals surface area contributed by atoms with E-state index < -0.39 is 0 Å². The van der Waals surface area contributed by atoms with Crippen molar-refractivity contribution >= 4 is 5.96 Å². The van der Waals surface area contributed by atoms with Gasteiger partial charge in [-0.2, -0.15) is 0 Å². The van der Waals surface area contributed by atoms with Crippen molar-refractivity contribution in [2.45, 2.75) is 32.4 Å². The van der Waals surface area contributed by atoms with Crippen molar-refractivity contribution in [2.75, 3.05) is 26.8 Å². The summed E-state index contributed by atoms with van der Waals surface area (Å²) in [5.41, 5.74) is 3.33. The van der Waals surface area contributed by atoms with Crippen molar-refractivity contribution in [1.82, 2.24) is 10.6 Å². The molecule has 5 nitrogen and oxygen atoms in total. The van der Waals surface area contributed by atoms with E-state index in [2.05, 4.69) is 40.7 Å². The zero-order valence-electron chi connectivity index (χ0n) is 16.5. The molecule has 1 fully saturated rings. The molecule has 1 atom stereocenters. The molecule has 0 aliphatic carbocycles.